The Hall–Kier alpha value is -2.86. The summed E-state index contributed by atoms with van der Waals surface area (Å²) in [6, 6.07) is 14.4. The number of nitrogens with zero attached hydrogens (tertiary/aromatic N) is 2. The lowest BCUT2D eigenvalue weighted by molar-refractivity contribution is -0.124. The van der Waals surface area contributed by atoms with Crippen molar-refractivity contribution in [1.29, 1.82) is 0 Å². The molecule has 0 aliphatic heterocycles. The van der Waals surface area contributed by atoms with Crippen molar-refractivity contribution in [2.75, 3.05) is 26.9 Å². The smallest absolute Gasteiger partial charge is 0.245 e. The van der Waals surface area contributed by atoms with E-state index in [1.807, 2.05) is 24.3 Å². The number of aryl methyl sites for hydroxylation is 3. The Morgan fingerprint density at radius 1 is 1.17 bits per heavy atom. The lowest BCUT2D eigenvalue weighted by Gasteiger charge is -2.12. The highest BCUT2D eigenvalue weighted by atomic mass is 16.5. The third kappa shape index (κ3) is 5.57. The molecule has 0 radical (unpaired) electrons. The Morgan fingerprint density at radius 2 is 2.00 bits per heavy atom. The number of methoxy groups -OCH3 is 1. The summed E-state index contributed by atoms with van der Waals surface area (Å²) in [5.74, 6) is 1.79. The van der Waals surface area contributed by atoms with E-state index < -0.39 is 0 Å². The maximum absolute atomic E-state index is 11.6. The fourth-order valence-corrected chi connectivity index (χ4v) is 3.43. The van der Waals surface area contributed by atoms with Gasteiger partial charge in [0.1, 0.15) is 18.2 Å². The molecular formula is C23H29N3O3. The summed E-state index contributed by atoms with van der Waals surface area (Å²) in [6.07, 6.45) is 1.54. The van der Waals surface area contributed by atoms with E-state index in [2.05, 4.69) is 41.9 Å². The van der Waals surface area contributed by atoms with Crippen LogP contribution >= 0.6 is 0 Å². The molecule has 3 aromatic rings. The average Bonchev–Trinajstić information content (AvgIpc) is 3.04. The first kappa shape index (κ1) is 20.9. The van der Waals surface area contributed by atoms with Gasteiger partial charge in [0.15, 0.2) is 0 Å². The highest BCUT2D eigenvalue weighted by molar-refractivity contribution is 5.77. The zero-order chi connectivity index (χ0) is 20.6. The second-order valence-electron chi connectivity index (χ2n) is 7.17. The van der Waals surface area contributed by atoms with Gasteiger partial charge in [0.2, 0.25) is 5.91 Å². The molecule has 0 aliphatic rings. The third-order valence-corrected chi connectivity index (χ3v) is 4.79. The first-order valence-corrected chi connectivity index (χ1v) is 9.98. The molecule has 6 nitrogen and oxygen atoms in total. The molecule has 0 aliphatic carbocycles. The number of hydrogen-bond donors (Lipinski definition) is 1. The van der Waals surface area contributed by atoms with Gasteiger partial charge in [0, 0.05) is 26.6 Å². The van der Waals surface area contributed by atoms with Crippen molar-refractivity contribution in [2.24, 2.45) is 0 Å². The minimum atomic E-state index is -0.114. The van der Waals surface area contributed by atoms with Crippen molar-refractivity contribution in [3.05, 3.63) is 59.4 Å². The molecule has 1 heterocycles. The Morgan fingerprint density at radius 3 is 2.79 bits per heavy atom. The van der Waals surface area contributed by atoms with E-state index in [1.165, 1.54) is 12.7 Å². The number of carbonyl (C=O) groups excluding carboxylic acids is 1. The fraction of sp³-hybridized carbons (Fsp3) is 0.391. The van der Waals surface area contributed by atoms with Gasteiger partial charge in [-0.1, -0.05) is 29.8 Å². The van der Waals surface area contributed by atoms with Gasteiger partial charge in [-0.05, 0) is 44.0 Å². The number of carbonyl (C=O) groups is 1. The van der Waals surface area contributed by atoms with E-state index in [-0.39, 0.29) is 12.5 Å². The van der Waals surface area contributed by atoms with Crippen LogP contribution < -0.4 is 10.1 Å². The SMILES string of the molecule is COCC(=O)NCCc1nc2ccccc2n1CCCOc1ccc(C)cc1C. The lowest BCUT2D eigenvalue weighted by atomic mass is 10.1. The van der Waals surface area contributed by atoms with Gasteiger partial charge in [-0.2, -0.15) is 0 Å². The molecule has 2 aromatic carbocycles. The van der Waals surface area contributed by atoms with Crippen molar-refractivity contribution in [3.63, 3.8) is 0 Å². The van der Waals surface area contributed by atoms with Gasteiger partial charge in [-0.15, -0.1) is 0 Å². The van der Waals surface area contributed by atoms with E-state index in [9.17, 15) is 4.79 Å². The third-order valence-electron chi connectivity index (χ3n) is 4.79. The van der Waals surface area contributed by atoms with Crippen molar-refractivity contribution >= 4 is 16.9 Å². The zero-order valence-electron chi connectivity index (χ0n) is 17.4. The predicted octanol–water partition coefficient (Wildman–Crippen LogP) is 3.43. The van der Waals surface area contributed by atoms with Gasteiger partial charge < -0.3 is 19.4 Å². The maximum atomic E-state index is 11.6. The van der Waals surface area contributed by atoms with Crippen LogP contribution in [-0.2, 0) is 22.5 Å². The van der Waals surface area contributed by atoms with Crippen LogP contribution in [0.1, 0.15) is 23.4 Å². The molecular weight excluding hydrogens is 366 g/mol. The van der Waals surface area contributed by atoms with Crippen LogP contribution in [-0.4, -0.2) is 42.3 Å². The number of benzene rings is 2. The first-order valence-electron chi connectivity index (χ1n) is 9.98. The van der Waals surface area contributed by atoms with Crippen LogP contribution in [0, 0.1) is 13.8 Å². The Labute approximate surface area is 171 Å². The minimum absolute atomic E-state index is 0.0756. The number of nitrogens with one attached hydrogen (secondary N) is 1. The van der Waals surface area contributed by atoms with Gasteiger partial charge in [-0.25, -0.2) is 4.98 Å². The molecule has 1 N–H and O–H groups in total. The van der Waals surface area contributed by atoms with E-state index in [0.29, 0.717) is 19.6 Å². The number of amides is 1. The molecule has 0 saturated carbocycles. The Bertz CT molecular complexity index is 965. The Kier molecular flexibility index (Phi) is 7.25. The van der Waals surface area contributed by atoms with E-state index in [1.54, 1.807) is 0 Å². The summed E-state index contributed by atoms with van der Waals surface area (Å²) >= 11 is 0. The molecule has 154 valence electrons. The van der Waals surface area contributed by atoms with E-state index >= 15 is 0 Å². The van der Waals surface area contributed by atoms with E-state index in [0.717, 1.165) is 41.1 Å². The van der Waals surface area contributed by atoms with Crippen molar-refractivity contribution in [2.45, 2.75) is 33.2 Å². The highest BCUT2D eigenvalue weighted by Crippen LogP contribution is 2.20. The second-order valence-corrected chi connectivity index (χ2v) is 7.17. The molecule has 29 heavy (non-hydrogen) atoms. The van der Waals surface area contributed by atoms with Crippen LogP contribution in [0.4, 0.5) is 0 Å². The lowest BCUT2D eigenvalue weighted by Crippen LogP contribution is -2.29. The van der Waals surface area contributed by atoms with Gasteiger partial charge in [-0.3, -0.25) is 4.79 Å². The normalized spacial score (nSPS) is 11.0. The molecule has 0 spiro atoms. The Balaban J connectivity index is 1.61. The summed E-state index contributed by atoms with van der Waals surface area (Å²) in [5, 5.41) is 2.86. The molecule has 0 saturated heterocycles. The molecule has 0 unspecified atom stereocenters. The minimum Gasteiger partial charge on any atom is -0.493 e. The predicted molar refractivity (Wildman–Crippen MR) is 114 cm³/mol. The summed E-state index contributed by atoms with van der Waals surface area (Å²) < 4.78 is 13.1. The average molecular weight is 396 g/mol. The van der Waals surface area contributed by atoms with Gasteiger partial charge >= 0.3 is 0 Å². The number of ether oxygens (including phenoxy) is 2. The topological polar surface area (TPSA) is 65.4 Å². The standard InChI is InChI=1S/C23H29N3O3/c1-17-9-10-21(18(2)15-17)29-14-6-13-26-20-8-5-4-7-19(20)25-22(26)11-12-24-23(27)16-28-3/h4-5,7-10,15H,6,11-14,16H2,1-3H3,(H,24,27). The van der Waals surface area contributed by atoms with Crippen LogP contribution in [0.2, 0.25) is 0 Å². The van der Waals surface area contributed by atoms with Crippen molar-refractivity contribution in [3.8, 4) is 5.75 Å². The van der Waals surface area contributed by atoms with Crippen molar-refractivity contribution < 1.29 is 14.3 Å². The number of fused-ring (bicyclic) bond motifs is 1. The first-order chi connectivity index (χ1) is 14.1. The summed E-state index contributed by atoms with van der Waals surface area (Å²) in [7, 11) is 1.51. The van der Waals surface area contributed by atoms with Gasteiger partial charge in [0.25, 0.3) is 0 Å². The van der Waals surface area contributed by atoms with Gasteiger partial charge in [0.05, 0.1) is 17.6 Å². The van der Waals surface area contributed by atoms with Crippen LogP contribution in [0.3, 0.4) is 0 Å². The molecule has 1 amide bonds. The number of para-hydroxylation sites is 2. The largest absolute Gasteiger partial charge is 0.493 e. The van der Waals surface area contributed by atoms with Crippen LogP contribution in [0.15, 0.2) is 42.5 Å². The molecule has 0 fully saturated rings. The van der Waals surface area contributed by atoms with Crippen molar-refractivity contribution in [1.82, 2.24) is 14.9 Å². The second kappa shape index (κ2) is 10.1. The zero-order valence-corrected chi connectivity index (χ0v) is 17.4. The number of aromatic nitrogens is 2. The number of hydrogen-bond acceptors (Lipinski definition) is 4. The maximum Gasteiger partial charge on any atom is 0.245 e. The highest BCUT2D eigenvalue weighted by Gasteiger charge is 2.11. The summed E-state index contributed by atoms with van der Waals surface area (Å²) in [4.78, 5) is 16.4. The molecule has 0 bridgehead atoms. The van der Waals surface area contributed by atoms with Crippen LogP contribution in [0.5, 0.6) is 5.75 Å². The quantitative estimate of drug-likeness (QED) is 0.534. The van der Waals surface area contributed by atoms with E-state index in [4.69, 9.17) is 14.5 Å². The summed E-state index contributed by atoms with van der Waals surface area (Å²) in [5.41, 5.74) is 4.48. The molecule has 6 heteroatoms. The molecule has 0 atom stereocenters. The number of imidazole rings is 1. The number of rotatable bonds is 10. The van der Waals surface area contributed by atoms with Crippen LogP contribution in [0.25, 0.3) is 11.0 Å². The molecule has 1 aromatic heterocycles. The summed E-state index contributed by atoms with van der Waals surface area (Å²) in [6.45, 7) is 6.21. The monoisotopic (exact) mass is 395 g/mol. The molecule has 3 rings (SSSR count). The fourth-order valence-electron chi connectivity index (χ4n) is 3.43.